The Morgan fingerprint density at radius 3 is 2.57 bits per heavy atom. The van der Waals surface area contributed by atoms with Gasteiger partial charge in [0.05, 0.1) is 5.69 Å². The van der Waals surface area contributed by atoms with Crippen molar-refractivity contribution in [2.24, 2.45) is 0 Å². The van der Waals surface area contributed by atoms with Gasteiger partial charge >= 0.3 is 0 Å². The van der Waals surface area contributed by atoms with Gasteiger partial charge in [0.25, 0.3) is 0 Å². The first kappa shape index (κ1) is 13.6. The summed E-state index contributed by atoms with van der Waals surface area (Å²) in [4.78, 5) is 12.6. The molecular weight excluding hydrogens is 262 g/mol. The van der Waals surface area contributed by atoms with Crippen molar-refractivity contribution in [3.05, 3.63) is 60.2 Å². The lowest BCUT2D eigenvalue weighted by Gasteiger charge is -2.37. The molecule has 1 amide bonds. The molecule has 21 heavy (non-hydrogen) atoms. The van der Waals surface area contributed by atoms with Crippen LogP contribution < -0.4 is 15.8 Å². The molecule has 0 aromatic heterocycles. The molecule has 2 N–H and O–H groups in total. The van der Waals surface area contributed by atoms with Crippen molar-refractivity contribution in [3.63, 3.8) is 0 Å². The van der Waals surface area contributed by atoms with Crippen molar-refractivity contribution in [3.8, 4) is 0 Å². The molecule has 4 heteroatoms. The van der Waals surface area contributed by atoms with Gasteiger partial charge in [-0.3, -0.25) is 9.80 Å². The largest absolute Gasteiger partial charge is 0.324 e. The fourth-order valence-electron chi connectivity index (χ4n) is 2.82. The minimum absolute atomic E-state index is 0.0186. The Morgan fingerprint density at radius 2 is 1.81 bits per heavy atom. The molecule has 108 valence electrons. The highest BCUT2D eigenvalue weighted by atomic mass is 16.2. The van der Waals surface area contributed by atoms with Gasteiger partial charge < -0.3 is 5.32 Å². The van der Waals surface area contributed by atoms with Crippen molar-refractivity contribution < 1.29 is 4.79 Å². The molecule has 2 aromatic rings. The molecule has 0 radical (unpaired) electrons. The van der Waals surface area contributed by atoms with E-state index in [-0.39, 0.29) is 11.9 Å². The zero-order valence-electron chi connectivity index (χ0n) is 12.0. The average Bonchev–Trinajstić information content (AvgIpc) is 2.54. The Morgan fingerprint density at radius 1 is 1.10 bits per heavy atom. The van der Waals surface area contributed by atoms with E-state index in [9.17, 15) is 4.79 Å². The fraction of sp³-hybridized carbons (Fsp3) is 0.235. The number of hydrazine groups is 1. The van der Waals surface area contributed by atoms with Gasteiger partial charge in [-0.15, -0.1) is 0 Å². The van der Waals surface area contributed by atoms with Crippen molar-refractivity contribution in [2.45, 2.75) is 18.9 Å². The zero-order valence-corrected chi connectivity index (χ0v) is 12.0. The summed E-state index contributed by atoms with van der Waals surface area (Å²) < 4.78 is 0. The minimum Gasteiger partial charge on any atom is -0.324 e. The first-order valence-electron chi connectivity index (χ1n) is 7.20. The molecular formula is C17H19N3O. The van der Waals surface area contributed by atoms with Crippen LogP contribution in [0.5, 0.6) is 0 Å². The van der Waals surface area contributed by atoms with E-state index in [0.29, 0.717) is 0 Å². The van der Waals surface area contributed by atoms with Crippen LogP contribution >= 0.6 is 0 Å². The Balaban J connectivity index is 1.81. The van der Waals surface area contributed by atoms with Crippen LogP contribution in [0.4, 0.5) is 11.4 Å². The van der Waals surface area contributed by atoms with Crippen LogP contribution in [0.3, 0.4) is 0 Å². The Bertz CT molecular complexity index is 627. The van der Waals surface area contributed by atoms with E-state index in [2.05, 4.69) is 16.8 Å². The quantitative estimate of drug-likeness (QED) is 0.909. The SMILES string of the molecule is CNN1c2ccccc2CCC1C(=O)Nc1ccccc1. The van der Waals surface area contributed by atoms with E-state index in [0.717, 1.165) is 24.2 Å². The number of hydrogen-bond acceptors (Lipinski definition) is 3. The number of nitrogens with zero attached hydrogens (tertiary/aromatic N) is 1. The maximum absolute atomic E-state index is 12.6. The molecule has 2 aromatic carbocycles. The number of nitrogens with one attached hydrogen (secondary N) is 2. The number of carbonyl (C=O) groups excluding carboxylic acids is 1. The highest BCUT2D eigenvalue weighted by Crippen LogP contribution is 2.29. The third-order valence-electron chi connectivity index (χ3n) is 3.83. The van der Waals surface area contributed by atoms with Crippen LogP contribution in [0.15, 0.2) is 54.6 Å². The van der Waals surface area contributed by atoms with Gasteiger partial charge in [-0.25, -0.2) is 5.43 Å². The Hall–Kier alpha value is -2.33. The normalized spacial score (nSPS) is 17.2. The summed E-state index contributed by atoms with van der Waals surface area (Å²) in [6, 6.07) is 17.6. The van der Waals surface area contributed by atoms with Crippen molar-refractivity contribution >= 4 is 17.3 Å². The third kappa shape index (κ3) is 2.76. The van der Waals surface area contributed by atoms with E-state index in [4.69, 9.17) is 0 Å². The van der Waals surface area contributed by atoms with Crippen molar-refractivity contribution in [1.82, 2.24) is 5.43 Å². The van der Waals surface area contributed by atoms with Crippen LogP contribution in [-0.4, -0.2) is 19.0 Å². The number of rotatable bonds is 3. The van der Waals surface area contributed by atoms with Gasteiger partial charge in [-0.1, -0.05) is 36.4 Å². The predicted octanol–water partition coefficient (Wildman–Crippen LogP) is 2.58. The molecule has 0 bridgehead atoms. The smallest absolute Gasteiger partial charge is 0.248 e. The summed E-state index contributed by atoms with van der Waals surface area (Å²) in [5.41, 5.74) is 6.34. The Labute approximate surface area is 124 Å². The highest BCUT2D eigenvalue weighted by Gasteiger charge is 2.30. The molecule has 0 saturated heterocycles. The molecule has 0 saturated carbocycles. The van der Waals surface area contributed by atoms with Crippen LogP contribution in [0.25, 0.3) is 0 Å². The van der Waals surface area contributed by atoms with Crippen LogP contribution in [-0.2, 0) is 11.2 Å². The van der Waals surface area contributed by atoms with Crippen LogP contribution in [0.2, 0.25) is 0 Å². The molecule has 0 aliphatic carbocycles. The van der Waals surface area contributed by atoms with E-state index in [1.807, 2.05) is 60.6 Å². The van der Waals surface area contributed by atoms with Crippen molar-refractivity contribution in [1.29, 1.82) is 0 Å². The predicted molar refractivity (Wildman–Crippen MR) is 85.2 cm³/mol. The second-order valence-corrected chi connectivity index (χ2v) is 5.13. The van der Waals surface area contributed by atoms with Crippen LogP contribution in [0.1, 0.15) is 12.0 Å². The highest BCUT2D eigenvalue weighted by molar-refractivity contribution is 5.97. The van der Waals surface area contributed by atoms with E-state index in [1.54, 1.807) is 0 Å². The number of amides is 1. The molecule has 1 unspecified atom stereocenters. The summed E-state index contributed by atoms with van der Waals surface area (Å²) in [5.74, 6) is 0.0186. The number of aryl methyl sites for hydroxylation is 1. The third-order valence-corrected chi connectivity index (χ3v) is 3.83. The average molecular weight is 281 g/mol. The summed E-state index contributed by atoms with van der Waals surface area (Å²) in [5, 5.41) is 4.94. The number of hydrogen-bond donors (Lipinski definition) is 2. The van der Waals surface area contributed by atoms with E-state index in [1.165, 1.54) is 5.56 Å². The monoisotopic (exact) mass is 281 g/mol. The van der Waals surface area contributed by atoms with Crippen molar-refractivity contribution in [2.75, 3.05) is 17.4 Å². The Kier molecular flexibility index (Phi) is 3.88. The van der Waals surface area contributed by atoms with Crippen LogP contribution in [0, 0.1) is 0 Å². The summed E-state index contributed by atoms with van der Waals surface area (Å²) >= 11 is 0. The lowest BCUT2D eigenvalue weighted by Crippen LogP contribution is -2.52. The molecule has 0 fully saturated rings. The molecule has 4 nitrogen and oxygen atoms in total. The van der Waals surface area contributed by atoms with E-state index >= 15 is 0 Å². The first-order chi connectivity index (χ1) is 10.3. The van der Waals surface area contributed by atoms with Gasteiger partial charge in [-0.2, -0.15) is 0 Å². The zero-order chi connectivity index (χ0) is 14.7. The molecule has 1 heterocycles. The molecule has 1 aliphatic heterocycles. The number of anilines is 2. The summed E-state index contributed by atoms with van der Waals surface area (Å²) in [6.45, 7) is 0. The first-order valence-corrected chi connectivity index (χ1v) is 7.20. The fourth-order valence-corrected chi connectivity index (χ4v) is 2.82. The molecule has 1 atom stereocenters. The number of benzene rings is 2. The minimum atomic E-state index is -0.204. The lowest BCUT2D eigenvalue weighted by atomic mass is 9.96. The topological polar surface area (TPSA) is 44.4 Å². The van der Waals surface area contributed by atoms with Gasteiger partial charge in [0.1, 0.15) is 6.04 Å². The van der Waals surface area contributed by atoms with Gasteiger partial charge in [0.15, 0.2) is 0 Å². The van der Waals surface area contributed by atoms with Gasteiger partial charge in [0.2, 0.25) is 5.91 Å². The summed E-state index contributed by atoms with van der Waals surface area (Å²) in [7, 11) is 1.85. The summed E-state index contributed by atoms with van der Waals surface area (Å²) in [6.07, 6.45) is 1.72. The molecule has 0 spiro atoms. The van der Waals surface area contributed by atoms with Gasteiger partial charge in [0, 0.05) is 12.7 Å². The maximum Gasteiger partial charge on any atom is 0.248 e. The lowest BCUT2D eigenvalue weighted by molar-refractivity contribution is -0.117. The second kappa shape index (κ2) is 5.97. The number of carbonyl (C=O) groups is 1. The van der Waals surface area contributed by atoms with Gasteiger partial charge in [-0.05, 0) is 36.6 Å². The van der Waals surface area contributed by atoms with E-state index < -0.39 is 0 Å². The molecule has 3 rings (SSSR count). The number of fused-ring (bicyclic) bond motifs is 1. The standard InChI is InChI=1S/C17H19N3O/c1-18-20-15-10-6-5-7-13(15)11-12-16(20)17(21)19-14-8-3-2-4-9-14/h2-10,16,18H,11-12H2,1H3,(H,19,21). The maximum atomic E-state index is 12.6. The second-order valence-electron chi connectivity index (χ2n) is 5.13. The molecule has 1 aliphatic rings. The number of para-hydroxylation sites is 2.